The lowest BCUT2D eigenvalue weighted by Gasteiger charge is -2.32. The topological polar surface area (TPSA) is 102 Å². The van der Waals surface area contributed by atoms with E-state index in [1.54, 1.807) is 6.92 Å². The lowest BCUT2D eigenvalue weighted by atomic mass is 9.98. The van der Waals surface area contributed by atoms with Gasteiger partial charge in [0.15, 0.2) is 0 Å². The summed E-state index contributed by atoms with van der Waals surface area (Å²) in [6, 6.07) is 0. The van der Waals surface area contributed by atoms with Crippen molar-refractivity contribution in [3.05, 3.63) is 16.4 Å². The van der Waals surface area contributed by atoms with Gasteiger partial charge in [-0.2, -0.15) is 0 Å². The highest BCUT2D eigenvalue weighted by Crippen LogP contribution is 2.37. The summed E-state index contributed by atoms with van der Waals surface area (Å²) < 4.78 is 5.11. The summed E-state index contributed by atoms with van der Waals surface area (Å²) in [5.74, 6) is 0.156. The largest absolute Gasteiger partial charge is 0.466 e. The molecule has 9 heteroatoms. The van der Waals surface area contributed by atoms with Crippen LogP contribution < -0.4 is 9.80 Å². The zero-order valence-corrected chi connectivity index (χ0v) is 14.4. The standard InChI is InChI=1S/C16H23N5O4/c1-2-25-16(22)12-6-5-9-20(10-12)15-13(21(23)24)14(17-11-18-15)19-7-3-4-8-19/h11-12H,2-10H2,1H3. The molecule has 9 nitrogen and oxygen atoms in total. The Labute approximate surface area is 146 Å². The van der Waals surface area contributed by atoms with E-state index in [2.05, 4.69) is 9.97 Å². The Hall–Kier alpha value is -2.45. The van der Waals surface area contributed by atoms with Crippen LogP contribution in [0.3, 0.4) is 0 Å². The minimum absolute atomic E-state index is 0.0612. The van der Waals surface area contributed by atoms with Crippen molar-refractivity contribution in [2.24, 2.45) is 5.92 Å². The van der Waals surface area contributed by atoms with Crippen molar-refractivity contribution in [1.82, 2.24) is 9.97 Å². The first kappa shape index (κ1) is 17.4. The van der Waals surface area contributed by atoms with E-state index in [0.29, 0.717) is 31.3 Å². The van der Waals surface area contributed by atoms with E-state index in [4.69, 9.17) is 4.74 Å². The van der Waals surface area contributed by atoms with Gasteiger partial charge in [-0.05, 0) is 32.6 Å². The highest BCUT2D eigenvalue weighted by atomic mass is 16.6. The van der Waals surface area contributed by atoms with Gasteiger partial charge in [-0.1, -0.05) is 0 Å². The first-order valence-electron chi connectivity index (χ1n) is 8.77. The van der Waals surface area contributed by atoms with Crippen molar-refractivity contribution >= 4 is 23.3 Å². The number of carbonyl (C=O) groups is 1. The third-order valence-corrected chi connectivity index (χ3v) is 4.71. The normalized spacial score (nSPS) is 20.6. The predicted molar refractivity (Wildman–Crippen MR) is 91.7 cm³/mol. The summed E-state index contributed by atoms with van der Waals surface area (Å²) in [6.45, 7) is 4.66. The second-order valence-corrected chi connectivity index (χ2v) is 6.36. The Balaban J connectivity index is 1.89. The van der Waals surface area contributed by atoms with Crippen molar-refractivity contribution in [1.29, 1.82) is 0 Å². The molecule has 1 unspecified atom stereocenters. The van der Waals surface area contributed by atoms with Gasteiger partial charge in [0.05, 0.1) is 17.4 Å². The molecule has 25 heavy (non-hydrogen) atoms. The quantitative estimate of drug-likeness (QED) is 0.450. The second kappa shape index (κ2) is 7.62. The summed E-state index contributed by atoms with van der Waals surface area (Å²) in [5, 5.41) is 11.7. The molecule has 1 atom stereocenters. The third kappa shape index (κ3) is 3.64. The summed E-state index contributed by atoms with van der Waals surface area (Å²) in [4.78, 5) is 35.5. The minimum atomic E-state index is -0.406. The SMILES string of the molecule is CCOC(=O)C1CCCN(c2ncnc(N3CCCC3)c2[N+](=O)[O-])C1. The molecule has 2 fully saturated rings. The minimum Gasteiger partial charge on any atom is -0.466 e. The van der Waals surface area contributed by atoms with Crippen LogP contribution in [0, 0.1) is 16.0 Å². The second-order valence-electron chi connectivity index (χ2n) is 6.36. The molecule has 0 amide bonds. The number of nitro groups is 1. The Bertz CT molecular complexity index is 647. The summed E-state index contributed by atoms with van der Waals surface area (Å²) in [5.41, 5.74) is -0.0612. The van der Waals surface area contributed by atoms with Crippen LogP contribution in [0.15, 0.2) is 6.33 Å². The molecule has 1 aromatic rings. The van der Waals surface area contributed by atoms with Gasteiger partial charge >= 0.3 is 11.7 Å². The molecule has 0 N–H and O–H groups in total. The molecule has 3 heterocycles. The maximum atomic E-state index is 12.0. The maximum Gasteiger partial charge on any atom is 0.353 e. The number of hydrogen-bond donors (Lipinski definition) is 0. The van der Waals surface area contributed by atoms with Crippen LogP contribution in [0.2, 0.25) is 0 Å². The molecule has 0 bridgehead atoms. The van der Waals surface area contributed by atoms with Gasteiger partial charge in [-0.3, -0.25) is 14.9 Å². The highest BCUT2D eigenvalue weighted by Gasteiger charge is 2.34. The van der Waals surface area contributed by atoms with Crippen LogP contribution >= 0.6 is 0 Å². The fourth-order valence-electron chi connectivity index (χ4n) is 3.54. The molecule has 0 aliphatic carbocycles. The summed E-state index contributed by atoms with van der Waals surface area (Å²) in [6.07, 6.45) is 4.89. The zero-order chi connectivity index (χ0) is 17.8. The number of ether oxygens (including phenoxy) is 1. The number of aromatic nitrogens is 2. The van der Waals surface area contributed by atoms with Crippen LogP contribution in [-0.4, -0.2) is 53.6 Å². The number of rotatable bonds is 5. The molecule has 0 radical (unpaired) electrons. The van der Waals surface area contributed by atoms with Gasteiger partial charge in [-0.15, -0.1) is 0 Å². The first-order valence-corrected chi connectivity index (χ1v) is 8.77. The maximum absolute atomic E-state index is 12.0. The van der Waals surface area contributed by atoms with E-state index >= 15 is 0 Å². The Morgan fingerprint density at radius 2 is 1.88 bits per heavy atom. The molecule has 136 valence electrons. The average molecular weight is 349 g/mol. The van der Waals surface area contributed by atoms with E-state index in [1.165, 1.54) is 6.33 Å². The van der Waals surface area contributed by atoms with E-state index in [-0.39, 0.29) is 17.6 Å². The molecule has 0 saturated carbocycles. The molecule has 2 saturated heterocycles. The molecule has 3 rings (SSSR count). The summed E-state index contributed by atoms with van der Waals surface area (Å²) in [7, 11) is 0. The van der Waals surface area contributed by atoms with Gasteiger partial charge in [-0.25, -0.2) is 9.97 Å². The van der Waals surface area contributed by atoms with E-state index < -0.39 is 4.92 Å². The zero-order valence-electron chi connectivity index (χ0n) is 14.4. The predicted octanol–water partition coefficient (Wildman–Crippen LogP) is 1.76. The van der Waals surface area contributed by atoms with Gasteiger partial charge < -0.3 is 14.5 Å². The summed E-state index contributed by atoms with van der Waals surface area (Å²) >= 11 is 0. The van der Waals surface area contributed by atoms with Crippen LogP contribution in [0.1, 0.15) is 32.6 Å². The number of esters is 1. The molecule has 0 aromatic carbocycles. The van der Waals surface area contributed by atoms with Crippen LogP contribution in [0.4, 0.5) is 17.3 Å². The average Bonchev–Trinajstić information content (AvgIpc) is 3.16. The van der Waals surface area contributed by atoms with Crippen molar-refractivity contribution < 1.29 is 14.5 Å². The number of piperidine rings is 1. The molecular formula is C16H23N5O4. The molecule has 2 aliphatic heterocycles. The highest BCUT2D eigenvalue weighted by molar-refractivity contribution is 5.75. The van der Waals surface area contributed by atoms with Gasteiger partial charge in [0, 0.05) is 26.2 Å². The van der Waals surface area contributed by atoms with Gasteiger partial charge in [0.2, 0.25) is 11.6 Å². The van der Waals surface area contributed by atoms with Crippen LogP contribution in [-0.2, 0) is 9.53 Å². The van der Waals surface area contributed by atoms with Crippen molar-refractivity contribution in [3.63, 3.8) is 0 Å². The smallest absolute Gasteiger partial charge is 0.353 e. The monoisotopic (exact) mass is 349 g/mol. The number of anilines is 2. The Morgan fingerprint density at radius 3 is 2.52 bits per heavy atom. The fraction of sp³-hybridized carbons (Fsp3) is 0.688. The van der Waals surface area contributed by atoms with E-state index in [0.717, 1.165) is 38.8 Å². The lowest BCUT2D eigenvalue weighted by molar-refractivity contribution is -0.383. The molecule has 0 spiro atoms. The molecular weight excluding hydrogens is 326 g/mol. The van der Waals surface area contributed by atoms with E-state index in [9.17, 15) is 14.9 Å². The van der Waals surface area contributed by atoms with Gasteiger partial charge in [0.25, 0.3) is 0 Å². The Kier molecular flexibility index (Phi) is 5.30. The number of nitrogens with zero attached hydrogens (tertiary/aromatic N) is 5. The lowest BCUT2D eigenvalue weighted by Crippen LogP contribution is -2.40. The van der Waals surface area contributed by atoms with E-state index in [1.807, 2.05) is 9.80 Å². The fourth-order valence-corrected chi connectivity index (χ4v) is 3.54. The Morgan fingerprint density at radius 1 is 1.24 bits per heavy atom. The van der Waals surface area contributed by atoms with Crippen molar-refractivity contribution in [2.75, 3.05) is 42.6 Å². The third-order valence-electron chi connectivity index (χ3n) is 4.71. The molecule has 2 aliphatic rings. The molecule has 1 aromatic heterocycles. The van der Waals surface area contributed by atoms with Crippen LogP contribution in [0.25, 0.3) is 0 Å². The van der Waals surface area contributed by atoms with Crippen LogP contribution in [0.5, 0.6) is 0 Å². The van der Waals surface area contributed by atoms with Crippen molar-refractivity contribution in [2.45, 2.75) is 32.6 Å². The first-order chi connectivity index (χ1) is 12.1. The number of carbonyl (C=O) groups excluding carboxylic acids is 1. The van der Waals surface area contributed by atoms with Crippen molar-refractivity contribution in [3.8, 4) is 0 Å². The number of hydrogen-bond acceptors (Lipinski definition) is 8. The van der Waals surface area contributed by atoms with Gasteiger partial charge in [0.1, 0.15) is 6.33 Å².